The summed E-state index contributed by atoms with van der Waals surface area (Å²) in [6, 6.07) is 16.9. The molecule has 0 aliphatic carbocycles. The van der Waals surface area contributed by atoms with Crippen molar-refractivity contribution in [2.75, 3.05) is 0 Å². The number of H-pyrrole nitrogens is 1. The summed E-state index contributed by atoms with van der Waals surface area (Å²) in [5, 5.41) is 10.3. The zero-order valence-electron chi connectivity index (χ0n) is 12.6. The van der Waals surface area contributed by atoms with Gasteiger partial charge in [-0.3, -0.25) is 0 Å². The van der Waals surface area contributed by atoms with Crippen molar-refractivity contribution in [2.45, 2.75) is 6.92 Å². The molecule has 0 saturated heterocycles. The fourth-order valence-electron chi connectivity index (χ4n) is 2.14. The highest BCUT2D eigenvalue weighted by Gasteiger charge is 2.00. The number of aryl methyl sites for hydroxylation is 1. The molecule has 23 heavy (non-hydrogen) atoms. The Morgan fingerprint density at radius 1 is 1.00 bits per heavy atom. The lowest BCUT2D eigenvalue weighted by molar-refractivity contribution is -0.191. The lowest BCUT2D eigenvalue weighted by Crippen LogP contribution is -1.82. The quantitative estimate of drug-likeness (QED) is 0.805. The van der Waals surface area contributed by atoms with Crippen LogP contribution in [0.15, 0.2) is 54.7 Å². The Bertz CT molecular complexity index is 801. The van der Waals surface area contributed by atoms with E-state index in [4.69, 9.17) is 9.59 Å². The van der Waals surface area contributed by atoms with Gasteiger partial charge < -0.3 is 0 Å². The number of hydrogen-bond acceptors (Lipinski definition) is 4. The van der Waals surface area contributed by atoms with Crippen molar-refractivity contribution in [3.05, 3.63) is 71.5 Å². The highest BCUT2D eigenvalue weighted by atomic mass is 16.2. The van der Waals surface area contributed by atoms with Gasteiger partial charge in [-0.15, -0.1) is 0 Å². The van der Waals surface area contributed by atoms with Crippen LogP contribution >= 0.6 is 0 Å². The van der Waals surface area contributed by atoms with Crippen molar-refractivity contribution in [1.82, 2.24) is 15.4 Å². The van der Waals surface area contributed by atoms with Crippen LogP contribution in [0.5, 0.6) is 0 Å². The summed E-state index contributed by atoms with van der Waals surface area (Å²) in [5.74, 6) is 0. The van der Waals surface area contributed by atoms with Gasteiger partial charge in [0.2, 0.25) is 0 Å². The Morgan fingerprint density at radius 2 is 1.70 bits per heavy atom. The fraction of sp³-hybridized carbons (Fsp3) is 0.0556. The van der Waals surface area contributed by atoms with E-state index in [9.17, 15) is 0 Å². The molecule has 0 fully saturated rings. The van der Waals surface area contributed by atoms with Gasteiger partial charge >= 0.3 is 6.15 Å². The molecule has 0 unspecified atom stereocenters. The van der Waals surface area contributed by atoms with Gasteiger partial charge in [-0.25, -0.2) is 0 Å². The first kappa shape index (κ1) is 16.1. The van der Waals surface area contributed by atoms with Crippen molar-refractivity contribution < 1.29 is 9.59 Å². The molecule has 3 rings (SSSR count). The molecule has 0 saturated carbocycles. The van der Waals surface area contributed by atoms with E-state index < -0.39 is 0 Å². The lowest BCUT2D eigenvalue weighted by Gasteiger charge is -2.05. The van der Waals surface area contributed by atoms with Crippen LogP contribution in [0.2, 0.25) is 0 Å². The molecule has 5 nitrogen and oxygen atoms in total. The molecular formula is C18H15N3O2. The van der Waals surface area contributed by atoms with Crippen LogP contribution in [-0.2, 0) is 9.59 Å². The Hall–Kier alpha value is -3.30. The standard InChI is InChI=1S/C17H15N3.CO2/c1-13-4-2-3-5-17(13)15-9-6-14(7-10-15)8-11-16-12-18-20-19-16;2-1-3/h2-12H,1H3,(H,18,19,20);. The number of benzene rings is 2. The number of aromatic nitrogens is 3. The molecule has 0 atom stereocenters. The molecule has 0 radical (unpaired) electrons. The molecule has 0 aliphatic rings. The molecule has 2 aromatic carbocycles. The molecule has 1 aromatic heterocycles. The van der Waals surface area contributed by atoms with Gasteiger partial charge in [-0.2, -0.15) is 25.0 Å². The average molecular weight is 305 g/mol. The summed E-state index contributed by atoms with van der Waals surface area (Å²) < 4.78 is 0. The van der Waals surface area contributed by atoms with E-state index in [1.165, 1.54) is 16.7 Å². The topological polar surface area (TPSA) is 75.7 Å². The maximum absolute atomic E-state index is 8.12. The second-order valence-corrected chi connectivity index (χ2v) is 4.75. The van der Waals surface area contributed by atoms with Gasteiger partial charge in [0, 0.05) is 0 Å². The predicted octanol–water partition coefficient (Wildman–Crippen LogP) is 3.37. The van der Waals surface area contributed by atoms with E-state index >= 15 is 0 Å². The van der Waals surface area contributed by atoms with Crippen LogP contribution in [0, 0.1) is 6.92 Å². The third kappa shape index (κ3) is 4.59. The van der Waals surface area contributed by atoms with Crippen LogP contribution in [-0.4, -0.2) is 21.6 Å². The van der Waals surface area contributed by atoms with Gasteiger partial charge in [0.15, 0.2) is 0 Å². The van der Waals surface area contributed by atoms with Gasteiger partial charge in [0.05, 0.1) is 6.20 Å². The first-order valence-corrected chi connectivity index (χ1v) is 6.94. The smallest absolute Gasteiger partial charge is 0.197 e. The molecule has 0 bridgehead atoms. The molecule has 0 amide bonds. The maximum atomic E-state index is 8.12. The summed E-state index contributed by atoms with van der Waals surface area (Å²) in [4.78, 5) is 16.2. The molecule has 1 heterocycles. The number of rotatable bonds is 3. The average Bonchev–Trinajstić information content (AvgIpc) is 3.08. The summed E-state index contributed by atoms with van der Waals surface area (Å²) in [6.45, 7) is 2.13. The number of hydrogen-bond donors (Lipinski definition) is 1. The Kier molecular flexibility index (Phi) is 5.74. The van der Waals surface area contributed by atoms with E-state index in [2.05, 4.69) is 70.9 Å². The normalized spacial score (nSPS) is 9.96. The third-order valence-electron chi connectivity index (χ3n) is 3.25. The molecule has 114 valence electrons. The van der Waals surface area contributed by atoms with E-state index in [-0.39, 0.29) is 6.15 Å². The predicted molar refractivity (Wildman–Crippen MR) is 86.9 cm³/mol. The summed E-state index contributed by atoms with van der Waals surface area (Å²) in [6.07, 6.45) is 5.91. The van der Waals surface area contributed by atoms with E-state index in [0.29, 0.717) is 0 Å². The van der Waals surface area contributed by atoms with Gasteiger partial charge in [0.25, 0.3) is 0 Å². The van der Waals surface area contributed by atoms with E-state index in [0.717, 1.165) is 11.3 Å². The monoisotopic (exact) mass is 305 g/mol. The highest BCUT2D eigenvalue weighted by molar-refractivity contribution is 5.72. The summed E-state index contributed by atoms with van der Waals surface area (Å²) in [7, 11) is 0. The van der Waals surface area contributed by atoms with Crippen molar-refractivity contribution in [3.63, 3.8) is 0 Å². The Morgan fingerprint density at radius 3 is 2.30 bits per heavy atom. The first-order chi connectivity index (χ1) is 11.2. The number of nitrogens with zero attached hydrogens (tertiary/aromatic N) is 2. The van der Waals surface area contributed by atoms with Crippen LogP contribution in [0.1, 0.15) is 16.8 Å². The minimum absolute atomic E-state index is 0.250. The Balaban J connectivity index is 0.000000595. The van der Waals surface area contributed by atoms with E-state index in [1.54, 1.807) is 6.20 Å². The minimum Gasteiger partial charge on any atom is -0.197 e. The van der Waals surface area contributed by atoms with Crippen LogP contribution in [0.25, 0.3) is 23.3 Å². The zero-order valence-corrected chi connectivity index (χ0v) is 12.6. The maximum Gasteiger partial charge on any atom is 0.373 e. The van der Waals surface area contributed by atoms with Gasteiger partial charge in [-0.1, -0.05) is 54.6 Å². The SMILES string of the molecule is Cc1ccccc1-c1ccc(C=Cc2cn[nH]n2)cc1.O=C=O. The van der Waals surface area contributed by atoms with E-state index in [1.807, 2.05) is 12.2 Å². The summed E-state index contributed by atoms with van der Waals surface area (Å²) >= 11 is 0. The second-order valence-electron chi connectivity index (χ2n) is 4.75. The zero-order chi connectivity index (χ0) is 16.5. The van der Waals surface area contributed by atoms with Crippen molar-refractivity contribution in [3.8, 4) is 11.1 Å². The molecule has 0 spiro atoms. The number of nitrogens with one attached hydrogen (secondary N) is 1. The largest absolute Gasteiger partial charge is 0.373 e. The second kappa shape index (κ2) is 8.22. The fourth-order valence-corrected chi connectivity index (χ4v) is 2.14. The lowest BCUT2D eigenvalue weighted by atomic mass is 9.99. The van der Waals surface area contributed by atoms with Crippen LogP contribution in [0.4, 0.5) is 0 Å². The van der Waals surface area contributed by atoms with Gasteiger partial charge in [0.1, 0.15) is 5.69 Å². The summed E-state index contributed by atoms with van der Waals surface area (Å²) in [5.41, 5.74) is 5.78. The number of carbonyl (C=O) groups excluding carboxylic acids is 2. The Labute approximate surface area is 133 Å². The van der Waals surface area contributed by atoms with Crippen molar-refractivity contribution in [2.24, 2.45) is 0 Å². The minimum atomic E-state index is 0.250. The molecule has 1 N–H and O–H groups in total. The number of aromatic amines is 1. The van der Waals surface area contributed by atoms with Gasteiger partial charge in [-0.05, 0) is 35.3 Å². The third-order valence-corrected chi connectivity index (χ3v) is 3.25. The van der Waals surface area contributed by atoms with Crippen LogP contribution in [0.3, 0.4) is 0 Å². The van der Waals surface area contributed by atoms with Crippen molar-refractivity contribution in [1.29, 1.82) is 0 Å². The molecule has 5 heteroatoms. The van der Waals surface area contributed by atoms with Crippen LogP contribution < -0.4 is 0 Å². The molecule has 0 aliphatic heterocycles. The molecule has 3 aromatic rings. The first-order valence-electron chi connectivity index (χ1n) is 6.94. The molecular weight excluding hydrogens is 290 g/mol. The van der Waals surface area contributed by atoms with Crippen molar-refractivity contribution >= 4 is 18.3 Å². The highest BCUT2D eigenvalue weighted by Crippen LogP contribution is 2.23.